The van der Waals surface area contributed by atoms with Gasteiger partial charge in [-0.25, -0.2) is 8.51 Å². The molecule has 6 nitrogen and oxygen atoms in total. The summed E-state index contributed by atoms with van der Waals surface area (Å²) in [5.41, 5.74) is 0.238. The second-order valence-corrected chi connectivity index (χ2v) is 10.7. The highest BCUT2D eigenvalue weighted by Crippen LogP contribution is 2.31. The van der Waals surface area contributed by atoms with Gasteiger partial charge in [-0.1, -0.05) is 36.4 Å². The SMILES string of the molecule is CC(C)N(C1CCN(C(=O)CN(CCO)Cc2ccccc2)CC1)S(=O)c1cccc(C(F)(F)F)c1. The monoisotopic (exact) mass is 525 g/mol. The molecule has 36 heavy (non-hydrogen) atoms. The molecule has 198 valence electrons. The Bertz CT molecular complexity index is 1010. The quantitative estimate of drug-likeness (QED) is 0.511. The number of likely N-dealkylation sites (tertiary alicyclic amines) is 1. The van der Waals surface area contributed by atoms with Crippen LogP contribution in [0.15, 0.2) is 59.5 Å². The van der Waals surface area contributed by atoms with E-state index in [-0.39, 0.29) is 36.0 Å². The summed E-state index contributed by atoms with van der Waals surface area (Å²) in [4.78, 5) is 16.8. The maximum atomic E-state index is 13.3. The average Bonchev–Trinajstić information content (AvgIpc) is 2.84. The molecule has 0 bridgehead atoms. The smallest absolute Gasteiger partial charge is 0.395 e. The van der Waals surface area contributed by atoms with Crippen LogP contribution in [0.5, 0.6) is 0 Å². The van der Waals surface area contributed by atoms with E-state index in [2.05, 4.69) is 0 Å². The van der Waals surface area contributed by atoms with Gasteiger partial charge in [-0.3, -0.25) is 9.69 Å². The van der Waals surface area contributed by atoms with E-state index >= 15 is 0 Å². The van der Waals surface area contributed by atoms with E-state index in [0.29, 0.717) is 39.0 Å². The number of aliphatic hydroxyl groups is 1. The highest BCUT2D eigenvalue weighted by atomic mass is 32.2. The van der Waals surface area contributed by atoms with Crippen molar-refractivity contribution in [1.82, 2.24) is 14.1 Å². The molecule has 1 aliphatic rings. The fraction of sp³-hybridized carbons (Fsp3) is 0.500. The van der Waals surface area contributed by atoms with Crippen LogP contribution < -0.4 is 0 Å². The molecule has 1 fully saturated rings. The van der Waals surface area contributed by atoms with Gasteiger partial charge in [0.05, 0.1) is 23.6 Å². The van der Waals surface area contributed by atoms with E-state index in [1.54, 1.807) is 9.21 Å². The van der Waals surface area contributed by atoms with Crippen molar-refractivity contribution in [2.24, 2.45) is 0 Å². The summed E-state index contributed by atoms with van der Waals surface area (Å²) in [6, 6.07) is 14.1. The Morgan fingerprint density at radius 2 is 1.78 bits per heavy atom. The van der Waals surface area contributed by atoms with E-state index in [4.69, 9.17) is 0 Å². The molecule has 1 unspecified atom stereocenters. The Morgan fingerprint density at radius 3 is 2.36 bits per heavy atom. The Hall–Kier alpha value is -2.27. The number of aliphatic hydroxyl groups excluding tert-OH is 1. The first-order chi connectivity index (χ1) is 17.1. The lowest BCUT2D eigenvalue weighted by Gasteiger charge is -2.40. The van der Waals surface area contributed by atoms with Gasteiger partial charge in [0.15, 0.2) is 0 Å². The maximum absolute atomic E-state index is 13.3. The number of carbonyl (C=O) groups excluding carboxylic acids is 1. The summed E-state index contributed by atoms with van der Waals surface area (Å²) >= 11 is 0. The fourth-order valence-corrected chi connectivity index (χ4v) is 6.04. The maximum Gasteiger partial charge on any atom is 0.416 e. The highest BCUT2D eigenvalue weighted by Gasteiger charge is 2.34. The topological polar surface area (TPSA) is 64.1 Å². The summed E-state index contributed by atoms with van der Waals surface area (Å²) in [6.45, 7) is 5.78. The predicted octanol–water partition coefficient (Wildman–Crippen LogP) is 3.92. The molecule has 1 aliphatic heterocycles. The van der Waals surface area contributed by atoms with Crippen molar-refractivity contribution in [2.45, 2.75) is 56.4 Å². The molecular formula is C26H34F3N3O3S. The van der Waals surface area contributed by atoms with Gasteiger partial charge in [0.1, 0.15) is 11.0 Å². The zero-order valence-electron chi connectivity index (χ0n) is 20.7. The van der Waals surface area contributed by atoms with Gasteiger partial charge >= 0.3 is 6.18 Å². The molecular weight excluding hydrogens is 491 g/mol. The zero-order chi connectivity index (χ0) is 26.3. The third-order valence-corrected chi connectivity index (χ3v) is 8.02. The van der Waals surface area contributed by atoms with E-state index in [0.717, 1.165) is 17.7 Å². The van der Waals surface area contributed by atoms with Gasteiger partial charge in [0, 0.05) is 38.3 Å². The lowest BCUT2D eigenvalue weighted by molar-refractivity contribution is -0.137. The molecule has 0 radical (unpaired) electrons. The average molecular weight is 526 g/mol. The number of amides is 1. The number of carbonyl (C=O) groups is 1. The minimum atomic E-state index is -4.50. The number of alkyl halides is 3. The molecule has 1 amide bonds. The van der Waals surface area contributed by atoms with Crippen LogP contribution in [0.4, 0.5) is 13.2 Å². The Morgan fingerprint density at radius 1 is 1.11 bits per heavy atom. The molecule has 10 heteroatoms. The third kappa shape index (κ3) is 7.61. The number of benzene rings is 2. The fourth-order valence-electron chi connectivity index (χ4n) is 4.51. The highest BCUT2D eigenvalue weighted by molar-refractivity contribution is 7.82. The number of halogens is 3. The van der Waals surface area contributed by atoms with Crippen molar-refractivity contribution in [3.63, 3.8) is 0 Å². The van der Waals surface area contributed by atoms with Crippen LogP contribution >= 0.6 is 0 Å². The van der Waals surface area contributed by atoms with Gasteiger partial charge < -0.3 is 10.0 Å². The van der Waals surface area contributed by atoms with Crippen molar-refractivity contribution in [3.8, 4) is 0 Å². The summed E-state index contributed by atoms with van der Waals surface area (Å²) in [5, 5.41) is 9.43. The molecule has 0 spiro atoms. The number of rotatable bonds is 10. The summed E-state index contributed by atoms with van der Waals surface area (Å²) in [6.07, 6.45) is -3.35. The second kappa shape index (κ2) is 12.8. The van der Waals surface area contributed by atoms with E-state index in [1.165, 1.54) is 12.1 Å². The first-order valence-electron chi connectivity index (χ1n) is 12.1. The van der Waals surface area contributed by atoms with Gasteiger partial charge in [0.25, 0.3) is 0 Å². The molecule has 1 heterocycles. The zero-order valence-corrected chi connectivity index (χ0v) is 21.5. The van der Waals surface area contributed by atoms with Gasteiger partial charge in [-0.2, -0.15) is 13.2 Å². The van der Waals surface area contributed by atoms with Crippen molar-refractivity contribution in [3.05, 3.63) is 65.7 Å². The third-order valence-electron chi connectivity index (χ3n) is 6.26. The van der Waals surface area contributed by atoms with Crippen LogP contribution in [0.2, 0.25) is 0 Å². The molecule has 1 N–H and O–H groups in total. The van der Waals surface area contributed by atoms with Crippen LogP contribution in [0.1, 0.15) is 37.8 Å². The summed E-state index contributed by atoms with van der Waals surface area (Å²) in [5.74, 6) is -0.0343. The summed E-state index contributed by atoms with van der Waals surface area (Å²) in [7, 11) is -1.76. The number of nitrogens with zero attached hydrogens (tertiary/aromatic N) is 3. The predicted molar refractivity (Wildman–Crippen MR) is 133 cm³/mol. The van der Waals surface area contributed by atoms with E-state index in [9.17, 15) is 27.3 Å². The second-order valence-electron chi connectivity index (χ2n) is 9.26. The standard InChI is InChI=1S/C26H34F3N3O3S/c1-20(2)32(36(35)24-10-6-9-22(17-24)26(27,28)29)23-11-13-31(14-12-23)25(34)19-30(15-16-33)18-21-7-4-3-5-8-21/h3-10,17,20,23,33H,11-16,18-19H2,1-2H3. The molecule has 1 atom stereocenters. The van der Waals surface area contributed by atoms with Gasteiger partial charge in [0.2, 0.25) is 5.91 Å². The van der Waals surface area contributed by atoms with E-state index < -0.39 is 22.7 Å². The van der Waals surface area contributed by atoms with Gasteiger partial charge in [-0.05, 0) is 50.5 Å². The van der Waals surface area contributed by atoms with Crippen molar-refractivity contribution in [1.29, 1.82) is 0 Å². The minimum Gasteiger partial charge on any atom is -0.395 e. The minimum absolute atomic E-state index is 0.0343. The number of piperidine rings is 1. The Kier molecular flexibility index (Phi) is 10.1. The lowest BCUT2D eigenvalue weighted by Crippen LogP contribution is -2.51. The molecule has 0 saturated carbocycles. The largest absolute Gasteiger partial charge is 0.416 e. The van der Waals surface area contributed by atoms with Crippen molar-refractivity contribution in [2.75, 3.05) is 32.8 Å². The Labute approximate surface area is 213 Å². The van der Waals surface area contributed by atoms with Crippen LogP contribution in [0.3, 0.4) is 0 Å². The van der Waals surface area contributed by atoms with Crippen LogP contribution in [-0.4, -0.2) is 74.2 Å². The van der Waals surface area contributed by atoms with Crippen LogP contribution in [0.25, 0.3) is 0 Å². The molecule has 0 aliphatic carbocycles. The van der Waals surface area contributed by atoms with Crippen molar-refractivity contribution < 1.29 is 27.3 Å². The molecule has 3 rings (SSSR count). The lowest BCUT2D eigenvalue weighted by atomic mass is 10.0. The first-order valence-corrected chi connectivity index (χ1v) is 13.2. The number of hydrogen-bond acceptors (Lipinski definition) is 4. The molecule has 0 aromatic heterocycles. The molecule has 2 aromatic carbocycles. The number of hydrogen-bond donors (Lipinski definition) is 1. The summed E-state index contributed by atoms with van der Waals surface area (Å²) < 4.78 is 54.6. The molecule has 2 aromatic rings. The molecule has 1 saturated heterocycles. The van der Waals surface area contributed by atoms with Crippen molar-refractivity contribution >= 4 is 16.9 Å². The van der Waals surface area contributed by atoms with Gasteiger partial charge in [-0.15, -0.1) is 0 Å². The van der Waals surface area contributed by atoms with E-state index in [1.807, 2.05) is 49.1 Å². The van der Waals surface area contributed by atoms with Crippen LogP contribution in [0, 0.1) is 0 Å². The Balaban J connectivity index is 1.62. The van der Waals surface area contributed by atoms with Crippen LogP contribution in [-0.2, 0) is 28.5 Å². The first kappa shape index (κ1) is 28.3. The normalized spacial score (nSPS) is 16.2.